The highest BCUT2D eigenvalue weighted by molar-refractivity contribution is 7.84. The van der Waals surface area contributed by atoms with Crippen molar-refractivity contribution in [3.8, 4) is 5.75 Å². The number of fused-ring (bicyclic) bond motifs is 3. The number of esters is 1. The molecule has 140 valence electrons. The second-order valence-corrected chi connectivity index (χ2v) is 7.60. The summed E-state index contributed by atoms with van der Waals surface area (Å²) in [7, 11) is -4.21. The molecule has 2 aromatic carbocycles. The zero-order valence-electron chi connectivity index (χ0n) is 14.3. The van der Waals surface area contributed by atoms with Crippen molar-refractivity contribution < 1.29 is 26.5 Å². The molecule has 0 aliphatic carbocycles. The Kier molecular flexibility index (Phi) is 4.24. The Morgan fingerprint density at radius 2 is 1.96 bits per heavy atom. The lowest BCUT2D eigenvalue weighted by molar-refractivity contribution is -0.138. The summed E-state index contributed by atoms with van der Waals surface area (Å²) in [6.45, 7) is 1.82. The fraction of sp³-hybridized carbons (Fsp3) is 0.211. The van der Waals surface area contributed by atoms with Crippen molar-refractivity contribution in [1.82, 2.24) is 4.31 Å². The Balaban J connectivity index is 1.92. The Bertz CT molecular complexity index is 1040. The van der Waals surface area contributed by atoms with Crippen LogP contribution in [0.15, 0.2) is 60.2 Å². The molecular formula is C19H16FNO5S. The smallest absolute Gasteiger partial charge is 0.386 e. The van der Waals surface area contributed by atoms with Crippen LogP contribution in [-0.2, 0) is 19.8 Å². The third kappa shape index (κ3) is 2.90. The van der Waals surface area contributed by atoms with Crippen LogP contribution in [0.25, 0.3) is 0 Å². The summed E-state index contributed by atoms with van der Waals surface area (Å²) in [5, 5.41) is 0. The maximum atomic E-state index is 13.8. The van der Waals surface area contributed by atoms with E-state index in [1.807, 2.05) is 0 Å². The molecule has 0 radical (unpaired) electrons. The van der Waals surface area contributed by atoms with Crippen LogP contribution in [-0.4, -0.2) is 25.3 Å². The van der Waals surface area contributed by atoms with Crippen molar-refractivity contribution in [2.24, 2.45) is 0 Å². The van der Waals surface area contributed by atoms with Crippen molar-refractivity contribution >= 4 is 16.3 Å². The molecule has 8 heteroatoms. The topological polar surface area (TPSA) is 72.9 Å². The lowest BCUT2D eigenvalue weighted by Gasteiger charge is -2.34. The minimum Gasteiger partial charge on any atom is -0.463 e. The van der Waals surface area contributed by atoms with Gasteiger partial charge in [-0.25, -0.2) is 9.18 Å². The second-order valence-electron chi connectivity index (χ2n) is 6.15. The highest BCUT2D eigenvalue weighted by atomic mass is 32.2. The van der Waals surface area contributed by atoms with Crippen LogP contribution in [0, 0.1) is 5.82 Å². The highest BCUT2D eigenvalue weighted by Crippen LogP contribution is 2.50. The number of nitrogens with zero attached hydrogens (tertiary/aromatic N) is 1. The van der Waals surface area contributed by atoms with E-state index < -0.39 is 34.2 Å². The molecule has 0 fully saturated rings. The van der Waals surface area contributed by atoms with Gasteiger partial charge < -0.3 is 8.92 Å². The van der Waals surface area contributed by atoms with Crippen LogP contribution >= 0.6 is 0 Å². The number of halogens is 1. The molecule has 2 aliphatic rings. The summed E-state index contributed by atoms with van der Waals surface area (Å²) in [4.78, 5) is 12.5. The van der Waals surface area contributed by atoms with Crippen molar-refractivity contribution in [1.29, 1.82) is 0 Å². The second kappa shape index (κ2) is 6.47. The predicted octanol–water partition coefficient (Wildman–Crippen LogP) is 3.05. The van der Waals surface area contributed by atoms with Crippen LogP contribution in [0.2, 0.25) is 0 Å². The summed E-state index contributed by atoms with van der Waals surface area (Å²) in [5.41, 5.74) is 1.11. The fourth-order valence-electron chi connectivity index (χ4n) is 3.47. The summed E-state index contributed by atoms with van der Waals surface area (Å²) < 4.78 is 50.9. The highest BCUT2D eigenvalue weighted by Gasteiger charge is 2.51. The quantitative estimate of drug-likeness (QED) is 0.755. The molecule has 2 aliphatic heterocycles. The van der Waals surface area contributed by atoms with Crippen LogP contribution in [0.4, 0.5) is 4.39 Å². The molecule has 6 nitrogen and oxygen atoms in total. The van der Waals surface area contributed by atoms with Gasteiger partial charge in [-0.05, 0) is 36.8 Å². The molecule has 2 heterocycles. The SMILES string of the molecule is CCOC(=O)C1=CC2c3cc(F)ccc3OS(=O)(=O)N2C1c1ccccc1. The van der Waals surface area contributed by atoms with Gasteiger partial charge in [0.1, 0.15) is 11.6 Å². The van der Waals surface area contributed by atoms with Crippen LogP contribution in [0.5, 0.6) is 5.75 Å². The molecule has 4 rings (SSSR count). The first kappa shape index (κ1) is 17.7. The first-order chi connectivity index (χ1) is 12.9. The van der Waals surface area contributed by atoms with E-state index in [9.17, 15) is 17.6 Å². The van der Waals surface area contributed by atoms with Gasteiger partial charge in [-0.15, -0.1) is 4.31 Å². The van der Waals surface area contributed by atoms with Gasteiger partial charge in [-0.3, -0.25) is 0 Å². The van der Waals surface area contributed by atoms with Crippen LogP contribution < -0.4 is 4.18 Å². The third-order valence-corrected chi connectivity index (χ3v) is 5.88. The maximum Gasteiger partial charge on any atom is 0.386 e. The number of benzene rings is 2. The van der Waals surface area contributed by atoms with E-state index in [1.54, 1.807) is 37.3 Å². The summed E-state index contributed by atoms with van der Waals surface area (Å²) >= 11 is 0. The maximum absolute atomic E-state index is 13.8. The predicted molar refractivity (Wildman–Crippen MR) is 94.4 cm³/mol. The zero-order chi connectivity index (χ0) is 19.2. The number of ether oxygens (including phenoxy) is 1. The van der Waals surface area contributed by atoms with Crippen LogP contribution in [0.3, 0.4) is 0 Å². The van der Waals surface area contributed by atoms with Gasteiger partial charge in [-0.1, -0.05) is 30.3 Å². The van der Waals surface area contributed by atoms with E-state index in [0.29, 0.717) is 11.1 Å². The van der Waals surface area contributed by atoms with Crippen molar-refractivity contribution in [3.05, 3.63) is 77.1 Å². The number of carbonyl (C=O) groups is 1. The third-order valence-electron chi connectivity index (χ3n) is 4.53. The van der Waals surface area contributed by atoms with E-state index >= 15 is 0 Å². The lowest BCUT2D eigenvalue weighted by atomic mass is 10.0. The molecule has 2 atom stereocenters. The first-order valence-electron chi connectivity index (χ1n) is 8.38. The van der Waals surface area contributed by atoms with Crippen LogP contribution in [0.1, 0.15) is 30.1 Å². The number of hydrogen-bond acceptors (Lipinski definition) is 5. The minimum atomic E-state index is -4.21. The Hall–Kier alpha value is -2.71. The van der Waals surface area contributed by atoms with Gasteiger partial charge in [0.15, 0.2) is 0 Å². The average Bonchev–Trinajstić information content (AvgIpc) is 3.05. The molecule has 2 aromatic rings. The molecule has 0 aromatic heterocycles. The number of carbonyl (C=O) groups excluding carboxylic acids is 1. The largest absolute Gasteiger partial charge is 0.463 e. The van der Waals surface area contributed by atoms with E-state index in [0.717, 1.165) is 10.4 Å². The van der Waals surface area contributed by atoms with Gasteiger partial charge in [0, 0.05) is 5.56 Å². The monoisotopic (exact) mass is 389 g/mol. The Labute approximate surface area is 156 Å². The Morgan fingerprint density at radius 3 is 2.67 bits per heavy atom. The van der Waals surface area contributed by atoms with Gasteiger partial charge in [-0.2, -0.15) is 8.42 Å². The molecule has 0 saturated carbocycles. The summed E-state index contributed by atoms with van der Waals surface area (Å²) in [6, 6.07) is 10.6. The standard InChI is InChI=1S/C19H16FNO5S/c1-2-25-19(22)15-11-16-14-10-13(20)8-9-17(14)26-27(23,24)21(16)18(15)12-6-4-3-5-7-12/h3-11,16,18H,2H2,1H3. The van der Waals surface area contributed by atoms with E-state index in [-0.39, 0.29) is 17.9 Å². The van der Waals surface area contributed by atoms with E-state index in [4.69, 9.17) is 8.92 Å². The molecule has 0 bridgehead atoms. The minimum absolute atomic E-state index is 0.0471. The molecule has 0 N–H and O–H groups in total. The number of rotatable bonds is 3. The first-order valence-corrected chi connectivity index (χ1v) is 9.75. The molecule has 0 saturated heterocycles. The molecular weight excluding hydrogens is 373 g/mol. The normalized spacial score (nSPS) is 23.0. The lowest BCUT2D eigenvalue weighted by Crippen LogP contribution is -2.41. The van der Waals surface area contributed by atoms with Crippen molar-refractivity contribution in [2.45, 2.75) is 19.0 Å². The van der Waals surface area contributed by atoms with Gasteiger partial charge >= 0.3 is 16.3 Å². The van der Waals surface area contributed by atoms with E-state index in [1.165, 1.54) is 18.2 Å². The molecule has 27 heavy (non-hydrogen) atoms. The molecule has 0 spiro atoms. The molecule has 0 amide bonds. The van der Waals surface area contributed by atoms with Gasteiger partial charge in [0.05, 0.1) is 24.3 Å². The Morgan fingerprint density at radius 1 is 1.22 bits per heavy atom. The summed E-state index contributed by atoms with van der Waals surface area (Å²) in [6.07, 6.45) is 1.51. The molecule has 2 unspecified atom stereocenters. The summed E-state index contributed by atoms with van der Waals surface area (Å²) in [5.74, 6) is -1.09. The van der Waals surface area contributed by atoms with E-state index in [2.05, 4.69) is 0 Å². The zero-order valence-corrected chi connectivity index (χ0v) is 15.1. The van der Waals surface area contributed by atoms with Gasteiger partial charge in [0.25, 0.3) is 0 Å². The van der Waals surface area contributed by atoms with Gasteiger partial charge in [0.2, 0.25) is 0 Å². The van der Waals surface area contributed by atoms with Crippen molar-refractivity contribution in [3.63, 3.8) is 0 Å². The van der Waals surface area contributed by atoms with Crippen molar-refractivity contribution in [2.75, 3.05) is 6.61 Å². The number of hydrogen-bond donors (Lipinski definition) is 0. The average molecular weight is 389 g/mol. The fourth-order valence-corrected chi connectivity index (χ4v) is 4.88.